The minimum Gasteiger partial charge on any atom is -0.322 e. The van der Waals surface area contributed by atoms with E-state index in [4.69, 9.17) is 0 Å². The molecular weight excluding hydrogens is 586 g/mol. The van der Waals surface area contributed by atoms with E-state index in [2.05, 4.69) is 28.1 Å². The second kappa shape index (κ2) is 14.6. The molecule has 3 N–H and O–H groups in total. The van der Waals surface area contributed by atoms with E-state index in [1.165, 1.54) is 5.56 Å². The van der Waals surface area contributed by atoms with Crippen LogP contribution in [-0.2, 0) is 6.42 Å². The van der Waals surface area contributed by atoms with Gasteiger partial charge in [0.15, 0.2) is 11.6 Å². The Labute approximate surface area is 274 Å². The number of amides is 2. The predicted molar refractivity (Wildman–Crippen MR) is 184 cm³/mol. The number of hydrogen-bond donors (Lipinski definition) is 3. The van der Waals surface area contributed by atoms with Gasteiger partial charge in [-0.05, 0) is 78.9 Å². The quantitative estimate of drug-likeness (QED) is 0.124. The molecule has 7 nitrogen and oxygen atoms in total. The van der Waals surface area contributed by atoms with Crippen LogP contribution in [0.5, 0.6) is 0 Å². The predicted octanol–water partition coefficient (Wildman–Crippen LogP) is 7.68. The normalized spacial score (nSPS) is 15.2. The van der Waals surface area contributed by atoms with Crippen LogP contribution in [0.2, 0.25) is 0 Å². The molecule has 2 unspecified atom stereocenters. The molecule has 5 aromatic carbocycles. The number of benzene rings is 5. The molecular formula is C40H35N3O4. The van der Waals surface area contributed by atoms with Crippen LogP contribution in [-0.4, -0.2) is 29.4 Å². The average molecular weight is 622 g/mol. The minimum absolute atomic E-state index is 0.0138. The van der Waals surface area contributed by atoms with Crippen molar-refractivity contribution in [3.8, 4) is 0 Å². The Morgan fingerprint density at radius 2 is 1.06 bits per heavy atom. The van der Waals surface area contributed by atoms with Crippen LogP contribution in [0.25, 0.3) is 0 Å². The summed E-state index contributed by atoms with van der Waals surface area (Å²) in [7, 11) is 0. The number of carbonyl (C=O) groups excluding carboxylic acids is 4. The Balaban J connectivity index is 0.949. The van der Waals surface area contributed by atoms with Gasteiger partial charge >= 0.3 is 0 Å². The zero-order valence-corrected chi connectivity index (χ0v) is 25.8. The van der Waals surface area contributed by atoms with E-state index in [0.29, 0.717) is 46.5 Å². The van der Waals surface area contributed by atoms with Crippen molar-refractivity contribution in [2.45, 2.75) is 37.8 Å². The molecule has 0 spiro atoms. The highest BCUT2D eigenvalue weighted by Gasteiger charge is 2.35. The van der Waals surface area contributed by atoms with Gasteiger partial charge in [-0.1, -0.05) is 84.9 Å². The average Bonchev–Trinajstić information content (AvgIpc) is 3.09. The Morgan fingerprint density at radius 1 is 0.574 bits per heavy atom. The maximum atomic E-state index is 13.0. The van der Waals surface area contributed by atoms with Gasteiger partial charge in [0, 0.05) is 46.1 Å². The van der Waals surface area contributed by atoms with Gasteiger partial charge in [0.1, 0.15) is 0 Å². The summed E-state index contributed by atoms with van der Waals surface area (Å²) in [4.78, 5) is 51.0. The molecule has 1 fully saturated rings. The number of carbonyl (C=O) groups is 4. The van der Waals surface area contributed by atoms with Gasteiger partial charge in [-0.25, -0.2) is 0 Å². The summed E-state index contributed by atoms with van der Waals surface area (Å²) < 4.78 is 0. The molecule has 47 heavy (non-hydrogen) atoms. The molecule has 5 aromatic rings. The molecule has 234 valence electrons. The molecule has 1 aliphatic rings. The van der Waals surface area contributed by atoms with Crippen LogP contribution < -0.4 is 16.0 Å². The van der Waals surface area contributed by atoms with Crippen molar-refractivity contribution in [1.82, 2.24) is 5.32 Å². The van der Waals surface area contributed by atoms with Crippen molar-refractivity contribution >= 4 is 34.8 Å². The van der Waals surface area contributed by atoms with E-state index in [0.717, 1.165) is 18.4 Å². The van der Waals surface area contributed by atoms with Crippen LogP contribution in [0.4, 0.5) is 11.4 Å². The van der Waals surface area contributed by atoms with E-state index >= 15 is 0 Å². The first-order valence-electron chi connectivity index (χ1n) is 15.8. The van der Waals surface area contributed by atoms with Gasteiger partial charge in [0.25, 0.3) is 11.8 Å². The summed E-state index contributed by atoms with van der Waals surface area (Å²) in [5.41, 5.74) is 5.72. The molecule has 0 saturated carbocycles. The summed E-state index contributed by atoms with van der Waals surface area (Å²) >= 11 is 0. The number of anilines is 2. The molecule has 1 saturated heterocycles. The smallest absolute Gasteiger partial charge is 0.255 e. The lowest BCUT2D eigenvalue weighted by molar-refractivity contribution is 0.0863. The fraction of sp³-hybridized carbons (Fsp3) is 0.150. The summed E-state index contributed by atoms with van der Waals surface area (Å²) in [5.74, 6) is -0.429. The molecule has 2 atom stereocenters. The molecule has 2 amide bonds. The Hall–Kier alpha value is -5.66. The van der Waals surface area contributed by atoms with Gasteiger partial charge in [0.05, 0.1) is 6.04 Å². The molecule has 0 aromatic heterocycles. The maximum Gasteiger partial charge on any atom is 0.255 e. The van der Waals surface area contributed by atoms with Gasteiger partial charge in [-0.15, -0.1) is 0 Å². The second-order valence-corrected chi connectivity index (χ2v) is 11.7. The third-order valence-corrected chi connectivity index (χ3v) is 8.41. The Morgan fingerprint density at radius 3 is 1.64 bits per heavy atom. The number of hydrogen-bond acceptors (Lipinski definition) is 5. The molecule has 0 radical (unpaired) electrons. The maximum absolute atomic E-state index is 13.0. The Bertz CT molecular complexity index is 1850. The zero-order chi connectivity index (χ0) is 32.6. The summed E-state index contributed by atoms with van der Waals surface area (Å²) in [5, 5.41) is 9.09. The highest BCUT2D eigenvalue weighted by molar-refractivity contribution is 6.06. The lowest BCUT2D eigenvalue weighted by Gasteiger charge is -2.36. The van der Waals surface area contributed by atoms with E-state index < -0.39 is 0 Å². The van der Waals surface area contributed by atoms with Crippen LogP contribution in [0.3, 0.4) is 0 Å². The minimum atomic E-state index is -0.304. The van der Waals surface area contributed by atoms with E-state index in [1.807, 2.05) is 72.8 Å². The number of nitrogens with one attached hydrogen (secondary N) is 3. The van der Waals surface area contributed by atoms with Crippen LogP contribution in [0, 0.1) is 0 Å². The largest absolute Gasteiger partial charge is 0.322 e. The number of rotatable bonds is 12. The number of Topliss-reactive ketones (excluding diaryl/α,β-unsaturated/α-hetero) is 2. The molecule has 0 aliphatic carbocycles. The van der Waals surface area contributed by atoms with Crippen molar-refractivity contribution in [3.05, 3.63) is 167 Å². The van der Waals surface area contributed by atoms with Gasteiger partial charge < -0.3 is 16.0 Å². The zero-order valence-electron chi connectivity index (χ0n) is 25.8. The lowest BCUT2D eigenvalue weighted by Crippen LogP contribution is -2.50. The highest BCUT2D eigenvalue weighted by Crippen LogP contribution is 2.30. The molecule has 6 rings (SSSR count). The first-order chi connectivity index (χ1) is 22.9. The van der Waals surface area contributed by atoms with Crippen LogP contribution in [0.15, 0.2) is 133 Å². The number of para-hydroxylation sites is 1. The van der Waals surface area contributed by atoms with E-state index in [1.54, 1.807) is 48.5 Å². The standard InChI is InChI=1S/C40H35N3O4/c44-37(13-7-10-27-8-3-1-4-9-27)29-14-18-31(19-15-29)40(47)42-34-24-22-28(23-25-34)35-26-36(43-35)38(45)30-16-20-32(21-17-30)39(46)41-33-11-5-2-6-12-33/h1-6,8-9,11-12,14-25,35-36,43H,7,10,13,26H2,(H,41,46)(H,42,47). The van der Waals surface area contributed by atoms with Crippen molar-refractivity contribution < 1.29 is 19.2 Å². The third-order valence-electron chi connectivity index (χ3n) is 8.41. The van der Waals surface area contributed by atoms with E-state index in [-0.39, 0.29) is 35.5 Å². The molecule has 7 heteroatoms. The monoisotopic (exact) mass is 621 g/mol. The fourth-order valence-corrected chi connectivity index (χ4v) is 5.63. The summed E-state index contributed by atoms with van der Waals surface area (Å²) in [6.45, 7) is 0. The van der Waals surface area contributed by atoms with Crippen LogP contribution in [0.1, 0.15) is 77.9 Å². The van der Waals surface area contributed by atoms with Crippen molar-refractivity contribution in [2.24, 2.45) is 0 Å². The molecule has 1 heterocycles. The topological polar surface area (TPSA) is 104 Å². The van der Waals surface area contributed by atoms with Crippen molar-refractivity contribution in [2.75, 3.05) is 10.6 Å². The van der Waals surface area contributed by atoms with Gasteiger partial charge in [-0.2, -0.15) is 0 Å². The Kier molecular flexibility index (Phi) is 9.75. The third kappa shape index (κ3) is 7.95. The highest BCUT2D eigenvalue weighted by atomic mass is 16.2. The first kappa shape index (κ1) is 31.3. The summed E-state index contributed by atoms with van der Waals surface area (Å²) in [6, 6.07) is 40.1. The van der Waals surface area contributed by atoms with Crippen LogP contribution >= 0.6 is 0 Å². The van der Waals surface area contributed by atoms with Gasteiger partial charge in [-0.3, -0.25) is 19.2 Å². The number of ketones is 2. The lowest BCUT2D eigenvalue weighted by atomic mass is 9.86. The first-order valence-corrected chi connectivity index (χ1v) is 15.8. The van der Waals surface area contributed by atoms with Gasteiger partial charge in [0.2, 0.25) is 0 Å². The van der Waals surface area contributed by atoms with Crippen molar-refractivity contribution in [1.29, 1.82) is 0 Å². The van der Waals surface area contributed by atoms with Crippen molar-refractivity contribution in [3.63, 3.8) is 0 Å². The molecule has 0 bridgehead atoms. The second-order valence-electron chi connectivity index (χ2n) is 11.7. The van der Waals surface area contributed by atoms with E-state index in [9.17, 15) is 19.2 Å². The molecule has 1 aliphatic heterocycles. The number of aryl methyl sites for hydroxylation is 1. The summed E-state index contributed by atoms with van der Waals surface area (Å²) in [6.07, 6.45) is 2.74. The fourth-order valence-electron chi connectivity index (χ4n) is 5.63. The SMILES string of the molecule is O=C(CCCc1ccccc1)c1ccc(C(=O)Nc2ccc(C3CC(C(=O)c4ccc(C(=O)Nc5ccccc5)cc4)N3)cc2)cc1.